The van der Waals surface area contributed by atoms with Crippen molar-refractivity contribution in [2.75, 3.05) is 20.6 Å². The number of halogens is 2. The molecule has 1 heterocycles. The van der Waals surface area contributed by atoms with E-state index in [1.54, 1.807) is 12.1 Å². The molecule has 1 atom stereocenters. The lowest BCUT2D eigenvalue weighted by Gasteiger charge is -2.15. The first-order valence-electron chi connectivity index (χ1n) is 8.13. The van der Waals surface area contributed by atoms with Crippen LogP contribution in [-0.2, 0) is 10.2 Å². The molecule has 6 nitrogen and oxygen atoms in total. The van der Waals surface area contributed by atoms with Crippen LogP contribution in [0.1, 0.15) is 17.0 Å². The van der Waals surface area contributed by atoms with E-state index in [9.17, 15) is 8.42 Å². The van der Waals surface area contributed by atoms with E-state index >= 15 is 0 Å². The smallest absolute Gasteiger partial charge is 0.236 e. The van der Waals surface area contributed by atoms with E-state index in [1.807, 2.05) is 42.5 Å². The highest BCUT2D eigenvalue weighted by atomic mass is 35.5. The summed E-state index contributed by atoms with van der Waals surface area (Å²) in [5.74, 6) is -0.0848. The highest BCUT2D eigenvalue weighted by Gasteiger charge is 2.31. The molecule has 0 saturated heterocycles. The Morgan fingerprint density at radius 2 is 1.78 bits per heavy atom. The van der Waals surface area contributed by atoms with Crippen LogP contribution in [0.3, 0.4) is 0 Å². The molecule has 0 aliphatic carbocycles. The number of hydrogen-bond acceptors (Lipinski definition) is 3. The first-order chi connectivity index (χ1) is 12.8. The van der Waals surface area contributed by atoms with Gasteiger partial charge in [0.25, 0.3) is 0 Å². The molecular weight excluding hydrogens is 407 g/mol. The van der Waals surface area contributed by atoms with Crippen LogP contribution >= 0.6 is 23.2 Å². The molecule has 142 valence electrons. The number of hydrazone groups is 1. The van der Waals surface area contributed by atoms with E-state index in [0.717, 1.165) is 21.1 Å². The SMILES string of the molecule is CN(C)S(=O)(=O)/N=C(\Cl)N1CC(c2ccccc2)C(c2ccc(Cl)cc2)=N1. The van der Waals surface area contributed by atoms with Gasteiger partial charge in [0, 0.05) is 25.0 Å². The Morgan fingerprint density at radius 1 is 1.15 bits per heavy atom. The fourth-order valence-corrected chi connectivity index (χ4v) is 3.61. The van der Waals surface area contributed by atoms with Crippen molar-refractivity contribution in [3.63, 3.8) is 0 Å². The van der Waals surface area contributed by atoms with E-state index < -0.39 is 10.2 Å². The first kappa shape index (κ1) is 19.8. The fourth-order valence-electron chi connectivity index (χ4n) is 2.67. The topological polar surface area (TPSA) is 65.3 Å². The molecule has 1 unspecified atom stereocenters. The van der Waals surface area contributed by atoms with Gasteiger partial charge in [0.1, 0.15) is 0 Å². The third kappa shape index (κ3) is 4.50. The van der Waals surface area contributed by atoms with Gasteiger partial charge >= 0.3 is 10.2 Å². The molecule has 0 saturated carbocycles. The lowest BCUT2D eigenvalue weighted by atomic mass is 9.91. The zero-order valence-corrected chi connectivity index (χ0v) is 17.1. The van der Waals surface area contributed by atoms with Crippen molar-refractivity contribution in [1.82, 2.24) is 9.31 Å². The molecular formula is C18H18Cl2N4O2S. The molecule has 2 aromatic rings. The van der Waals surface area contributed by atoms with Gasteiger partial charge in [-0.3, -0.25) is 0 Å². The van der Waals surface area contributed by atoms with Crippen molar-refractivity contribution in [3.8, 4) is 0 Å². The van der Waals surface area contributed by atoms with Gasteiger partial charge in [0.2, 0.25) is 5.29 Å². The lowest BCUT2D eigenvalue weighted by Crippen LogP contribution is -2.26. The standard InChI is InChI=1S/C18H18Cl2N4O2S/c1-23(2)27(25,26)22-18(20)24-12-16(13-6-4-3-5-7-13)17(21-24)14-8-10-15(19)11-9-14/h3-11,16H,12H2,1-2H3/b22-18+. The quantitative estimate of drug-likeness (QED) is 0.428. The maximum absolute atomic E-state index is 12.0. The predicted molar refractivity (Wildman–Crippen MR) is 110 cm³/mol. The van der Waals surface area contributed by atoms with Crippen LogP contribution in [0.2, 0.25) is 5.02 Å². The molecule has 0 aromatic heterocycles. The second-order valence-corrected chi connectivity index (χ2v) is 8.74. The average Bonchev–Trinajstić information content (AvgIpc) is 3.08. The largest absolute Gasteiger partial charge is 0.324 e. The van der Waals surface area contributed by atoms with Gasteiger partial charge in [-0.15, -0.1) is 4.40 Å². The molecule has 0 N–H and O–H groups in total. The normalized spacial score (nSPS) is 18.1. The van der Waals surface area contributed by atoms with Crippen molar-refractivity contribution >= 4 is 44.4 Å². The maximum Gasteiger partial charge on any atom is 0.324 e. The number of amidine groups is 1. The predicted octanol–water partition coefficient (Wildman–Crippen LogP) is 3.54. The number of hydrogen-bond donors (Lipinski definition) is 0. The molecule has 27 heavy (non-hydrogen) atoms. The van der Waals surface area contributed by atoms with Crippen LogP contribution in [0.4, 0.5) is 0 Å². The summed E-state index contributed by atoms with van der Waals surface area (Å²) in [7, 11) is -1.06. The van der Waals surface area contributed by atoms with E-state index in [1.165, 1.54) is 19.1 Å². The summed E-state index contributed by atoms with van der Waals surface area (Å²) < 4.78 is 28.6. The fraction of sp³-hybridized carbons (Fsp3) is 0.222. The van der Waals surface area contributed by atoms with Crippen molar-refractivity contribution in [1.29, 1.82) is 0 Å². The van der Waals surface area contributed by atoms with Gasteiger partial charge in [-0.05, 0) is 34.9 Å². The van der Waals surface area contributed by atoms with E-state index in [0.29, 0.717) is 11.6 Å². The Kier molecular flexibility index (Phi) is 5.86. The van der Waals surface area contributed by atoms with Crippen LogP contribution < -0.4 is 0 Å². The highest BCUT2D eigenvalue weighted by Crippen LogP contribution is 2.30. The van der Waals surface area contributed by atoms with E-state index in [-0.39, 0.29) is 11.2 Å². The van der Waals surface area contributed by atoms with Gasteiger partial charge in [-0.1, -0.05) is 54.1 Å². The van der Waals surface area contributed by atoms with Crippen molar-refractivity contribution < 1.29 is 8.42 Å². The van der Waals surface area contributed by atoms with Gasteiger partial charge in [0.05, 0.1) is 12.3 Å². The lowest BCUT2D eigenvalue weighted by molar-refractivity contribution is 0.480. The Balaban J connectivity index is 2.01. The zero-order chi connectivity index (χ0) is 19.6. The number of rotatable bonds is 4. The van der Waals surface area contributed by atoms with Crippen LogP contribution in [0, 0.1) is 0 Å². The van der Waals surface area contributed by atoms with Gasteiger partial charge in [0.15, 0.2) is 0 Å². The minimum Gasteiger partial charge on any atom is -0.236 e. The Morgan fingerprint density at radius 3 is 2.37 bits per heavy atom. The summed E-state index contributed by atoms with van der Waals surface area (Å²) >= 11 is 12.2. The van der Waals surface area contributed by atoms with Crippen LogP contribution in [0.15, 0.2) is 64.1 Å². The number of benzene rings is 2. The molecule has 0 bridgehead atoms. The summed E-state index contributed by atoms with van der Waals surface area (Å²) in [5, 5.41) is 6.38. The van der Waals surface area contributed by atoms with Crippen LogP contribution in [-0.4, -0.2) is 49.4 Å². The first-order valence-corrected chi connectivity index (χ1v) is 10.3. The monoisotopic (exact) mass is 424 g/mol. The summed E-state index contributed by atoms with van der Waals surface area (Å²) in [5.41, 5.74) is 2.71. The minimum absolute atomic E-state index is 0.0848. The molecule has 1 aliphatic heterocycles. The van der Waals surface area contributed by atoms with Gasteiger partial charge in [-0.2, -0.15) is 17.8 Å². The second-order valence-electron chi connectivity index (χ2n) is 6.16. The third-order valence-electron chi connectivity index (χ3n) is 4.12. The summed E-state index contributed by atoms with van der Waals surface area (Å²) in [6, 6.07) is 17.2. The summed E-state index contributed by atoms with van der Waals surface area (Å²) in [6.07, 6.45) is 0. The zero-order valence-electron chi connectivity index (χ0n) is 14.8. The molecule has 9 heteroatoms. The maximum atomic E-state index is 12.0. The van der Waals surface area contributed by atoms with Crippen molar-refractivity contribution in [3.05, 3.63) is 70.7 Å². The highest BCUT2D eigenvalue weighted by molar-refractivity contribution is 7.88. The van der Waals surface area contributed by atoms with Crippen molar-refractivity contribution in [2.24, 2.45) is 9.50 Å². The van der Waals surface area contributed by atoms with E-state index in [2.05, 4.69) is 9.50 Å². The minimum atomic E-state index is -3.84. The molecule has 0 amide bonds. The van der Waals surface area contributed by atoms with Crippen LogP contribution in [0.25, 0.3) is 0 Å². The van der Waals surface area contributed by atoms with Gasteiger partial charge < -0.3 is 0 Å². The Bertz CT molecular complexity index is 974. The molecule has 2 aromatic carbocycles. The number of nitrogens with zero attached hydrogens (tertiary/aromatic N) is 4. The van der Waals surface area contributed by atoms with E-state index in [4.69, 9.17) is 23.2 Å². The third-order valence-corrected chi connectivity index (χ3v) is 6.08. The summed E-state index contributed by atoms with van der Waals surface area (Å²) in [6.45, 7) is 0.382. The molecule has 0 radical (unpaired) electrons. The van der Waals surface area contributed by atoms with Crippen molar-refractivity contribution in [2.45, 2.75) is 5.92 Å². The van der Waals surface area contributed by atoms with Crippen LogP contribution in [0.5, 0.6) is 0 Å². The molecule has 1 aliphatic rings. The summed E-state index contributed by atoms with van der Waals surface area (Å²) in [4.78, 5) is 0. The average molecular weight is 425 g/mol. The molecule has 3 rings (SSSR count). The Labute approximate surface area is 168 Å². The molecule has 0 spiro atoms. The van der Waals surface area contributed by atoms with Gasteiger partial charge in [-0.25, -0.2) is 5.01 Å². The second kappa shape index (κ2) is 7.98. The molecule has 0 fully saturated rings. The Hall–Kier alpha value is -1.93.